The number of amides is 4. The summed E-state index contributed by atoms with van der Waals surface area (Å²) in [4.78, 5) is 61.0. The molecule has 252 valence electrons. The molecule has 0 fully saturated rings. The first-order chi connectivity index (χ1) is 23.9. The van der Waals surface area contributed by atoms with Crippen LogP contribution in [0.25, 0.3) is 10.8 Å². The van der Waals surface area contributed by atoms with Crippen LogP contribution in [0.3, 0.4) is 0 Å². The van der Waals surface area contributed by atoms with Gasteiger partial charge in [-0.3, -0.25) is 19.2 Å². The molecule has 0 spiro atoms. The van der Waals surface area contributed by atoms with Crippen LogP contribution < -0.4 is 21.3 Å². The van der Waals surface area contributed by atoms with Crippen LogP contribution in [0.2, 0.25) is 0 Å². The number of imidazole rings is 1. The summed E-state index contributed by atoms with van der Waals surface area (Å²) in [6, 6.07) is 29.7. The molecule has 0 saturated carbocycles. The smallest absolute Gasteiger partial charge is 0.243 e. The lowest BCUT2D eigenvalue weighted by Gasteiger charge is -2.27. The van der Waals surface area contributed by atoms with Gasteiger partial charge in [-0.25, -0.2) is 4.98 Å². The Morgan fingerprint density at radius 2 is 1.41 bits per heavy atom. The van der Waals surface area contributed by atoms with E-state index < -0.39 is 29.9 Å². The van der Waals surface area contributed by atoms with Crippen molar-refractivity contribution < 1.29 is 19.2 Å². The summed E-state index contributed by atoms with van der Waals surface area (Å²) in [5.74, 6) is -1.73. The number of hydrogen-bond donors (Lipinski definition) is 5. The minimum Gasteiger partial charge on any atom is -0.357 e. The standard InChI is InChI=1S/C39H41N6O4/c1-40-37(47)34(24-29-16-18-30-14-8-9-15-31(30)22-29)45-38(48)33(20-19-32-25-41-26-42-32)44-39(49)35(23-28-12-6-3-7-13-28)43-36(46)21-17-27-10-4-2-5-11-27/h2-16,18,22-23,25-26,33-35H,17,19-21,24H2,1H3,(H,40,47)(H,41,42)(H,43,46)(H,44,49)(H,45,48)/q-1/t33?,34-,35-/m0/s1. The number of hydrogen-bond acceptors (Lipinski definition) is 5. The average molecular weight is 658 g/mol. The summed E-state index contributed by atoms with van der Waals surface area (Å²) < 4.78 is 0. The van der Waals surface area contributed by atoms with Gasteiger partial charge in [0, 0.05) is 31.8 Å². The third kappa shape index (κ3) is 10.3. The van der Waals surface area contributed by atoms with Gasteiger partial charge in [0.05, 0.1) is 12.4 Å². The van der Waals surface area contributed by atoms with Crippen molar-refractivity contribution in [3.8, 4) is 0 Å². The third-order valence-electron chi connectivity index (χ3n) is 8.26. The van der Waals surface area contributed by atoms with Crippen molar-refractivity contribution in [3.63, 3.8) is 0 Å². The molecule has 3 atom stereocenters. The second-order valence-electron chi connectivity index (χ2n) is 11.8. The minimum absolute atomic E-state index is 0.183. The van der Waals surface area contributed by atoms with E-state index in [2.05, 4.69) is 31.2 Å². The fourth-order valence-electron chi connectivity index (χ4n) is 5.60. The first-order valence-corrected chi connectivity index (χ1v) is 16.4. The number of likely N-dealkylation sites (N-methyl/N-ethyl adjacent to an activating group) is 1. The molecule has 0 radical (unpaired) electrons. The van der Waals surface area contributed by atoms with Gasteiger partial charge in [0.1, 0.15) is 12.1 Å². The molecule has 1 aromatic heterocycles. The molecule has 0 saturated heterocycles. The van der Waals surface area contributed by atoms with Crippen LogP contribution >= 0.6 is 0 Å². The highest BCUT2D eigenvalue weighted by molar-refractivity contribution is 5.95. The summed E-state index contributed by atoms with van der Waals surface area (Å²) in [6.07, 6.45) is 6.43. The van der Waals surface area contributed by atoms with Crippen molar-refractivity contribution in [1.82, 2.24) is 31.2 Å². The Morgan fingerprint density at radius 3 is 2.12 bits per heavy atom. The molecule has 0 aliphatic carbocycles. The van der Waals surface area contributed by atoms with Crippen molar-refractivity contribution in [3.05, 3.63) is 144 Å². The number of aromatic amines is 1. The van der Waals surface area contributed by atoms with Crippen molar-refractivity contribution in [2.24, 2.45) is 0 Å². The van der Waals surface area contributed by atoms with Crippen molar-refractivity contribution in [1.29, 1.82) is 0 Å². The number of aryl methyl sites for hydroxylation is 2. The molecule has 4 aromatic carbocycles. The zero-order valence-electron chi connectivity index (χ0n) is 27.4. The number of rotatable bonds is 16. The van der Waals surface area contributed by atoms with E-state index in [1.807, 2.05) is 103 Å². The number of carbonyl (C=O) groups excluding carboxylic acids is 4. The molecule has 5 rings (SSSR count). The summed E-state index contributed by atoms with van der Waals surface area (Å²) in [5, 5.41) is 13.3. The predicted molar refractivity (Wildman–Crippen MR) is 189 cm³/mol. The SMILES string of the molecule is CNC(=O)[C@H](Cc1ccc2ccccc2c1)NC(=O)C(CCc1cnc[nH]1)NC(=O)[C@H]([CH-]c1ccccc1)NC(=O)CCc1ccccc1. The lowest BCUT2D eigenvalue weighted by atomic mass is 10.00. The maximum atomic E-state index is 13.9. The van der Waals surface area contributed by atoms with E-state index in [9.17, 15) is 19.2 Å². The first kappa shape index (κ1) is 34.4. The van der Waals surface area contributed by atoms with E-state index in [1.165, 1.54) is 7.05 Å². The largest absolute Gasteiger partial charge is 0.357 e. The van der Waals surface area contributed by atoms with Gasteiger partial charge in [0.2, 0.25) is 23.6 Å². The van der Waals surface area contributed by atoms with Crippen LogP contribution in [0.15, 0.2) is 116 Å². The summed E-state index contributed by atoms with van der Waals surface area (Å²) >= 11 is 0. The number of aromatic nitrogens is 2. The van der Waals surface area contributed by atoms with Crippen molar-refractivity contribution in [2.75, 3.05) is 7.05 Å². The second kappa shape index (κ2) is 17.3. The molecule has 0 bridgehead atoms. The fraction of sp³-hybridized carbons (Fsp3) is 0.231. The number of H-pyrrole nitrogens is 1. The highest BCUT2D eigenvalue weighted by atomic mass is 16.2. The summed E-state index contributed by atoms with van der Waals surface area (Å²) in [5.41, 5.74) is 3.41. The van der Waals surface area contributed by atoms with Gasteiger partial charge in [-0.05, 0) is 41.2 Å². The number of fused-ring (bicyclic) bond motifs is 1. The highest BCUT2D eigenvalue weighted by Crippen LogP contribution is 2.17. The highest BCUT2D eigenvalue weighted by Gasteiger charge is 2.29. The normalized spacial score (nSPS) is 12.7. The van der Waals surface area contributed by atoms with Gasteiger partial charge in [0.25, 0.3) is 0 Å². The zero-order chi connectivity index (χ0) is 34.4. The van der Waals surface area contributed by atoms with Crippen LogP contribution in [-0.2, 0) is 38.4 Å². The molecular weight excluding hydrogens is 616 g/mol. The Balaban J connectivity index is 1.32. The Kier molecular flexibility index (Phi) is 12.2. The molecule has 1 heterocycles. The van der Waals surface area contributed by atoms with Gasteiger partial charge in [-0.2, -0.15) is 24.1 Å². The molecule has 4 amide bonds. The zero-order valence-corrected chi connectivity index (χ0v) is 27.4. The number of benzene rings is 4. The van der Waals surface area contributed by atoms with Gasteiger partial charge in [-0.15, -0.1) is 12.1 Å². The van der Waals surface area contributed by atoms with E-state index in [4.69, 9.17) is 0 Å². The number of nitrogens with one attached hydrogen (secondary N) is 5. The molecule has 49 heavy (non-hydrogen) atoms. The second-order valence-corrected chi connectivity index (χ2v) is 11.8. The van der Waals surface area contributed by atoms with Crippen LogP contribution in [-0.4, -0.2) is 58.8 Å². The number of nitrogens with zero attached hydrogens (tertiary/aromatic N) is 1. The monoisotopic (exact) mass is 657 g/mol. The Morgan fingerprint density at radius 1 is 0.714 bits per heavy atom. The van der Waals surface area contributed by atoms with E-state index in [0.717, 1.165) is 33.2 Å². The summed E-state index contributed by atoms with van der Waals surface area (Å²) in [6.45, 7) is 0. The van der Waals surface area contributed by atoms with Crippen molar-refractivity contribution >= 4 is 34.4 Å². The molecule has 10 heteroatoms. The topological polar surface area (TPSA) is 145 Å². The lowest BCUT2D eigenvalue weighted by molar-refractivity contribution is -0.133. The minimum atomic E-state index is -1.06. The molecule has 5 aromatic rings. The quantitative estimate of drug-likeness (QED) is 0.103. The predicted octanol–water partition coefficient (Wildman–Crippen LogP) is 3.82. The van der Waals surface area contributed by atoms with Crippen LogP contribution in [0, 0.1) is 6.42 Å². The molecule has 1 unspecified atom stereocenters. The van der Waals surface area contributed by atoms with Gasteiger partial charge in [-0.1, -0.05) is 78.9 Å². The van der Waals surface area contributed by atoms with Gasteiger partial charge < -0.3 is 26.3 Å². The summed E-state index contributed by atoms with van der Waals surface area (Å²) in [7, 11) is 1.52. The molecule has 5 N–H and O–H groups in total. The first-order valence-electron chi connectivity index (χ1n) is 16.4. The van der Waals surface area contributed by atoms with Gasteiger partial charge >= 0.3 is 0 Å². The fourth-order valence-corrected chi connectivity index (χ4v) is 5.60. The molecular formula is C39H41N6O4-. The van der Waals surface area contributed by atoms with Crippen LogP contribution in [0.4, 0.5) is 0 Å². The molecule has 10 nitrogen and oxygen atoms in total. The van der Waals surface area contributed by atoms with Crippen LogP contribution in [0.1, 0.15) is 35.2 Å². The Hall–Kier alpha value is -5.90. The number of carbonyl (C=O) groups is 4. The van der Waals surface area contributed by atoms with E-state index >= 15 is 0 Å². The maximum Gasteiger partial charge on any atom is 0.243 e. The maximum absolute atomic E-state index is 13.9. The van der Waals surface area contributed by atoms with E-state index in [0.29, 0.717) is 12.8 Å². The van der Waals surface area contributed by atoms with Crippen molar-refractivity contribution in [2.45, 2.75) is 50.2 Å². The molecule has 0 aliphatic heterocycles. The Labute approximate surface area is 286 Å². The third-order valence-corrected chi connectivity index (χ3v) is 8.26. The van der Waals surface area contributed by atoms with Crippen LogP contribution in [0.5, 0.6) is 0 Å². The lowest BCUT2D eigenvalue weighted by Crippen LogP contribution is -2.57. The Bertz CT molecular complexity index is 1830. The average Bonchev–Trinajstić information content (AvgIpc) is 3.66. The van der Waals surface area contributed by atoms with E-state index in [1.54, 1.807) is 18.9 Å². The van der Waals surface area contributed by atoms with Gasteiger partial charge in [0.15, 0.2) is 0 Å². The van der Waals surface area contributed by atoms with E-state index in [-0.39, 0.29) is 31.1 Å². The molecule has 0 aliphatic rings.